The molecular weight excluding hydrogens is 292 g/mol. The van der Waals surface area contributed by atoms with E-state index in [1.165, 1.54) is 5.01 Å². The highest BCUT2D eigenvalue weighted by Crippen LogP contribution is 2.36. The number of benzene rings is 1. The van der Waals surface area contributed by atoms with Gasteiger partial charge < -0.3 is 4.74 Å². The number of nitrogens with zero attached hydrogens (tertiary/aromatic N) is 2. The van der Waals surface area contributed by atoms with Crippen molar-refractivity contribution in [1.29, 1.82) is 0 Å². The molecule has 1 heterocycles. The van der Waals surface area contributed by atoms with Gasteiger partial charge >= 0.3 is 5.97 Å². The van der Waals surface area contributed by atoms with Crippen molar-refractivity contribution in [3.05, 3.63) is 35.9 Å². The van der Waals surface area contributed by atoms with Crippen molar-refractivity contribution in [3.8, 4) is 0 Å². The summed E-state index contributed by atoms with van der Waals surface area (Å²) in [6.45, 7) is 8.96. The Morgan fingerprint density at radius 1 is 1.35 bits per heavy atom. The molecule has 1 aromatic carbocycles. The van der Waals surface area contributed by atoms with Crippen molar-refractivity contribution in [2.75, 3.05) is 0 Å². The highest BCUT2D eigenvalue weighted by Gasteiger charge is 2.53. The predicted molar refractivity (Wildman–Crippen MR) is 88.9 cm³/mol. The van der Waals surface area contributed by atoms with E-state index in [2.05, 4.69) is 5.10 Å². The molecule has 5 heteroatoms. The Morgan fingerprint density at radius 3 is 2.52 bits per heavy atom. The van der Waals surface area contributed by atoms with Crippen LogP contribution in [-0.2, 0) is 14.3 Å². The topological polar surface area (TPSA) is 59.0 Å². The van der Waals surface area contributed by atoms with Crippen LogP contribution in [0.15, 0.2) is 35.4 Å². The minimum absolute atomic E-state index is 0.162. The summed E-state index contributed by atoms with van der Waals surface area (Å²) in [5, 5.41) is 5.56. The average Bonchev–Trinajstić information content (AvgIpc) is 2.68. The second-order valence-electron chi connectivity index (χ2n) is 7.19. The van der Waals surface area contributed by atoms with Gasteiger partial charge in [0.2, 0.25) is 5.91 Å². The normalized spacial score (nSPS) is 25.2. The lowest BCUT2D eigenvalue weighted by molar-refractivity contribution is -0.169. The Kier molecular flexibility index (Phi) is 4.59. The van der Waals surface area contributed by atoms with Crippen molar-refractivity contribution in [2.45, 2.75) is 52.2 Å². The third-order valence-corrected chi connectivity index (χ3v) is 3.76. The van der Waals surface area contributed by atoms with Gasteiger partial charge in [-0.25, -0.2) is 9.80 Å². The van der Waals surface area contributed by atoms with Crippen LogP contribution in [0.4, 0.5) is 0 Å². The van der Waals surface area contributed by atoms with Gasteiger partial charge in [0.15, 0.2) is 5.54 Å². The fourth-order valence-electron chi connectivity index (χ4n) is 2.63. The van der Waals surface area contributed by atoms with E-state index in [4.69, 9.17) is 4.74 Å². The molecule has 0 radical (unpaired) electrons. The fraction of sp³-hybridized carbons (Fsp3) is 0.500. The van der Waals surface area contributed by atoms with E-state index in [1.54, 1.807) is 13.1 Å². The summed E-state index contributed by atoms with van der Waals surface area (Å²) in [6.07, 6.45) is 1.99. The number of hydrazone groups is 1. The zero-order valence-corrected chi connectivity index (χ0v) is 14.4. The van der Waals surface area contributed by atoms with Crippen LogP contribution in [0, 0.1) is 5.92 Å². The Balaban J connectivity index is 2.28. The highest BCUT2D eigenvalue weighted by molar-refractivity contribution is 5.93. The summed E-state index contributed by atoms with van der Waals surface area (Å²) in [5.41, 5.74) is -0.815. The Morgan fingerprint density at radius 2 is 1.96 bits per heavy atom. The number of amides is 1. The number of carbonyl (C=O) groups is 2. The molecule has 0 N–H and O–H groups in total. The molecule has 0 aliphatic carbocycles. The maximum atomic E-state index is 12.6. The summed E-state index contributed by atoms with van der Waals surface area (Å²) >= 11 is 0. The molecule has 0 bridgehead atoms. The van der Waals surface area contributed by atoms with Crippen LogP contribution in [0.25, 0.3) is 0 Å². The molecule has 1 aliphatic heterocycles. The van der Waals surface area contributed by atoms with E-state index in [1.807, 2.05) is 58.0 Å². The predicted octanol–water partition coefficient (Wildman–Crippen LogP) is 2.99. The summed E-state index contributed by atoms with van der Waals surface area (Å²) in [6, 6.07) is 9.47. The Labute approximate surface area is 137 Å². The lowest BCUT2D eigenvalue weighted by Crippen LogP contribution is -2.49. The molecule has 0 aromatic heterocycles. The summed E-state index contributed by atoms with van der Waals surface area (Å²) in [4.78, 5) is 25.0. The van der Waals surface area contributed by atoms with Gasteiger partial charge in [-0.3, -0.25) is 4.79 Å². The van der Waals surface area contributed by atoms with Crippen molar-refractivity contribution in [1.82, 2.24) is 5.01 Å². The fourth-order valence-corrected chi connectivity index (χ4v) is 2.63. The standard InChI is InChI=1S/C18H24N2O3/c1-13-11-18(5,16(22)23-17(2,3)4)20(15(13)21)19-12-14-9-7-6-8-10-14/h6-10,12-13H,11H2,1-5H3/b19-12+/t13-,18-/m0/s1. The van der Waals surface area contributed by atoms with Gasteiger partial charge in [0.1, 0.15) is 5.60 Å². The van der Waals surface area contributed by atoms with Crippen LogP contribution < -0.4 is 0 Å². The van der Waals surface area contributed by atoms with Crippen LogP contribution in [0.3, 0.4) is 0 Å². The maximum Gasteiger partial charge on any atom is 0.334 e. The smallest absolute Gasteiger partial charge is 0.334 e. The number of rotatable bonds is 3. The zero-order valence-electron chi connectivity index (χ0n) is 14.4. The van der Waals surface area contributed by atoms with E-state index in [0.717, 1.165) is 5.56 Å². The molecule has 0 spiro atoms. The van der Waals surface area contributed by atoms with Crippen molar-refractivity contribution < 1.29 is 14.3 Å². The molecule has 1 amide bonds. The second-order valence-corrected chi connectivity index (χ2v) is 7.19. The molecule has 1 aliphatic rings. The molecule has 2 rings (SSSR count). The largest absolute Gasteiger partial charge is 0.458 e. The lowest BCUT2D eigenvalue weighted by atomic mass is 9.95. The van der Waals surface area contributed by atoms with Gasteiger partial charge in [-0.1, -0.05) is 37.3 Å². The molecule has 124 valence electrons. The van der Waals surface area contributed by atoms with Gasteiger partial charge in [-0.15, -0.1) is 0 Å². The average molecular weight is 316 g/mol. The molecule has 5 nitrogen and oxygen atoms in total. The van der Waals surface area contributed by atoms with E-state index < -0.39 is 17.1 Å². The molecule has 0 saturated carbocycles. The molecule has 0 unspecified atom stereocenters. The number of carbonyl (C=O) groups excluding carboxylic acids is 2. The minimum atomic E-state index is -1.07. The monoisotopic (exact) mass is 316 g/mol. The summed E-state index contributed by atoms with van der Waals surface area (Å²) < 4.78 is 5.50. The first-order chi connectivity index (χ1) is 10.6. The third-order valence-electron chi connectivity index (χ3n) is 3.76. The lowest BCUT2D eigenvalue weighted by Gasteiger charge is -2.32. The van der Waals surface area contributed by atoms with Gasteiger partial charge in [0, 0.05) is 5.92 Å². The maximum absolute atomic E-state index is 12.6. The van der Waals surface area contributed by atoms with Gasteiger partial charge in [-0.05, 0) is 39.7 Å². The molecule has 1 saturated heterocycles. The number of ether oxygens (including phenoxy) is 1. The van der Waals surface area contributed by atoms with E-state index in [9.17, 15) is 9.59 Å². The van der Waals surface area contributed by atoms with Crippen LogP contribution in [0.5, 0.6) is 0 Å². The van der Waals surface area contributed by atoms with E-state index in [-0.39, 0.29) is 11.8 Å². The first-order valence-corrected chi connectivity index (χ1v) is 7.80. The van der Waals surface area contributed by atoms with Gasteiger partial charge in [0.25, 0.3) is 0 Å². The quantitative estimate of drug-likeness (QED) is 0.636. The Hall–Kier alpha value is -2.17. The minimum Gasteiger partial charge on any atom is -0.458 e. The third kappa shape index (κ3) is 3.78. The SMILES string of the molecule is C[C@H]1C[C@@](C)(C(=O)OC(C)(C)C)N(/N=C/c2ccccc2)C1=O. The van der Waals surface area contributed by atoms with Crippen LogP contribution in [0.1, 0.15) is 46.6 Å². The number of hydrogen-bond acceptors (Lipinski definition) is 4. The molecular formula is C18H24N2O3. The molecule has 1 aromatic rings. The number of hydrogen-bond donors (Lipinski definition) is 0. The van der Waals surface area contributed by atoms with Crippen molar-refractivity contribution in [2.24, 2.45) is 11.0 Å². The number of esters is 1. The van der Waals surface area contributed by atoms with Crippen molar-refractivity contribution in [3.63, 3.8) is 0 Å². The molecule has 2 atom stereocenters. The van der Waals surface area contributed by atoms with E-state index in [0.29, 0.717) is 6.42 Å². The molecule has 1 fully saturated rings. The zero-order chi connectivity index (χ0) is 17.3. The van der Waals surface area contributed by atoms with Crippen molar-refractivity contribution >= 4 is 18.1 Å². The van der Waals surface area contributed by atoms with Crippen LogP contribution in [-0.4, -0.2) is 34.2 Å². The van der Waals surface area contributed by atoms with E-state index >= 15 is 0 Å². The first-order valence-electron chi connectivity index (χ1n) is 7.80. The van der Waals surface area contributed by atoms with Crippen LogP contribution in [0.2, 0.25) is 0 Å². The second kappa shape index (κ2) is 6.14. The molecule has 23 heavy (non-hydrogen) atoms. The first kappa shape index (κ1) is 17.2. The van der Waals surface area contributed by atoms with Crippen LogP contribution >= 0.6 is 0 Å². The summed E-state index contributed by atoms with van der Waals surface area (Å²) in [7, 11) is 0. The highest BCUT2D eigenvalue weighted by atomic mass is 16.6. The van der Waals surface area contributed by atoms with Gasteiger partial charge in [-0.2, -0.15) is 5.10 Å². The van der Waals surface area contributed by atoms with Gasteiger partial charge in [0.05, 0.1) is 6.21 Å². The summed E-state index contributed by atoms with van der Waals surface area (Å²) in [5.74, 6) is -0.848. The Bertz CT molecular complexity index is 619.